The zero-order valence-electron chi connectivity index (χ0n) is 12.2. The maximum Gasteiger partial charge on any atom is 0.226 e. The second-order valence-corrected chi connectivity index (χ2v) is 9.57. The minimum atomic E-state index is -2.95. The molecule has 8 heteroatoms. The number of carbonyl (C=O) groups is 1. The van der Waals surface area contributed by atoms with Gasteiger partial charge >= 0.3 is 0 Å². The van der Waals surface area contributed by atoms with Crippen LogP contribution in [0.1, 0.15) is 12.8 Å². The van der Waals surface area contributed by atoms with Crippen LogP contribution in [0.4, 0.5) is 5.13 Å². The lowest BCUT2D eigenvalue weighted by Gasteiger charge is -2.06. The molecule has 0 spiro atoms. The van der Waals surface area contributed by atoms with Gasteiger partial charge in [-0.2, -0.15) is 0 Å². The molecule has 1 unspecified atom stereocenters. The first-order valence-electron chi connectivity index (χ1n) is 7.13. The van der Waals surface area contributed by atoms with Crippen LogP contribution in [0.2, 0.25) is 0 Å². The summed E-state index contributed by atoms with van der Waals surface area (Å²) in [5.41, 5.74) is 1.79. The summed E-state index contributed by atoms with van der Waals surface area (Å²) in [6, 6.07) is 7.78. The molecule has 1 aromatic carbocycles. The number of amides is 1. The fourth-order valence-corrected chi connectivity index (χ4v) is 5.41. The number of sulfone groups is 1. The molecule has 2 aromatic rings. The van der Waals surface area contributed by atoms with Gasteiger partial charge in [-0.25, -0.2) is 13.4 Å². The molecular formula is C15H15BrN2O3S2. The topological polar surface area (TPSA) is 76.1 Å². The average molecular weight is 415 g/mol. The number of benzene rings is 1. The monoisotopic (exact) mass is 414 g/mol. The Hall–Kier alpha value is -1.25. The molecular weight excluding hydrogens is 400 g/mol. The number of nitrogens with zero attached hydrogens (tertiary/aromatic N) is 1. The third kappa shape index (κ3) is 4.39. The van der Waals surface area contributed by atoms with Crippen molar-refractivity contribution in [1.82, 2.24) is 4.98 Å². The molecule has 122 valence electrons. The molecule has 1 aliphatic heterocycles. The van der Waals surface area contributed by atoms with Gasteiger partial charge in [0.05, 0.1) is 17.2 Å². The van der Waals surface area contributed by atoms with Crippen molar-refractivity contribution in [3.05, 3.63) is 34.1 Å². The van der Waals surface area contributed by atoms with Crippen LogP contribution >= 0.6 is 27.3 Å². The molecule has 2 heterocycles. The van der Waals surface area contributed by atoms with Gasteiger partial charge in [0.1, 0.15) is 0 Å². The van der Waals surface area contributed by atoms with Gasteiger partial charge in [-0.1, -0.05) is 28.1 Å². The van der Waals surface area contributed by atoms with Crippen molar-refractivity contribution >= 4 is 48.1 Å². The lowest BCUT2D eigenvalue weighted by molar-refractivity contribution is -0.116. The van der Waals surface area contributed by atoms with Crippen molar-refractivity contribution < 1.29 is 13.2 Å². The highest BCUT2D eigenvalue weighted by atomic mass is 79.9. The van der Waals surface area contributed by atoms with Crippen molar-refractivity contribution in [2.24, 2.45) is 5.92 Å². The van der Waals surface area contributed by atoms with Gasteiger partial charge < -0.3 is 5.32 Å². The number of anilines is 1. The molecule has 0 saturated carbocycles. The van der Waals surface area contributed by atoms with Crippen LogP contribution in [0.25, 0.3) is 11.3 Å². The number of rotatable bonds is 4. The van der Waals surface area contributed by atoms with Gasteiger partial charge in [-0.3, -0.25) is 4.79 Å². The number of carbonyl (C=O) groups excluding carboxylic acids is 1. The Morgan fingerprint density at radius 3 is 2.74 bits per heavy atom. The Labute approximate surface area is 147 Å². The van der Waals surface area contributed by atoms with Crippen LogP contribution in [0, 0.1) is 5.92 Å². The maximum absolute atomic E-state index is 12.0. The Kier molecular flexibility index (Phi) is 4.84. The van der Waals surface area contributed by atoms with Crippen LogP contribution < -0.4 is 5.32 Å². The molecule has 1 fully saturated rings. The number of aromatic nitrogens is 1. The predicted molar refractivity (Wildman–Crippen MR) is 95.3 cm³/mol. The van der Waals surface area contributed by atoms with Crippen molar-refractivity contribution in [1.29, 1.82) is 0 Å². The molecule has 1 aromatic heterocycles. The zero-order valence-corrected chi connectivity index (χ0v) is 15.4. The molecule has 1 saturated heterocycles. The van der Waals surface area contributed by atoms with Crippen molar-refractivity contribution in [3.63, 3.8) is 0 Å². The normalized spacial score (nSPS) is 19.6. The van der Waals surface area contributed by atoms with Crippen LogP contribution in [-0.2, 0) is 14.6 Å². The highest BCUT2D eigenvalue weighted by Crippen LogP contribution is 2.27. The van der Waals surface area contributed by atoms with Gasteiger partial charge in [-0.05, 0) is 24.5 Å². The summed E-state index contributed by atoms with van der Waals surface area (Å²) in [6.07, 6.45) is 0.796. The summed E-state index contributed by atoms with van der Waals surface area (Å²) in [4.78, 5) is 16.4. The molecule has 5 nitrogen and oxygen atoms in total. The fourth-order valence-electron chi connectivity index (χ4n) is 2.55. The van der Waals surface area contributed by atoms with E-state index in [4.69, 9.17) is 0 Å². The molecule has 1 amide bonds. The molecule has 0 bridgehead atoms. The van der Waals surface area contributed by atoms with E-state index in [1.165, 1.54) is 11.3 Å². The average Bonchev–Trinajstić information content (AvgIpc) is 3.06. The molecule has 0 radical (unpaired) electrons. The van der Waals surface area contributed by atoms with E-state index < -0.39 is 9.84 Å². The van der Waals surface area contributed by atoms with Crippen LogP contribution in [0.3, 0.4) is 0 Å². The number of hydrogen-bond acceptors (Lipinski definition) is 5. The van der Waals surface area contributed by atoms with Gasteiger partial charge in [-0.15, -0.1) is 11.3 Å². The minimum absolute atomic E-state index is 0.0779. The molecule has 1 aliphatic rings. The lowest BCUT2D eigenvalue weighted by atomic mass is 10.1. The van der Waals surface area contributed by atoms with E-state index in [9.17, 15) is 13.2 Å². The summed E-state index contributed by atoms with van der Waals surface area (Å²) in [5, 5.41) is 5.19. The van der Waals surface area contributed by atoms with Gasteiger partial charge in [0.15, 0.2) is 15.0 Å². The van der Waals surface area contributed by atoms with Crippen LogP contribution in [0.15, 0.2) is 34.1 Å². The predicted octanol–water partition coefficient (Wildman–Crippen LogP) is 3.34. The summed E-state index contributed by atoms with van der Waals surface area (Å²) < 4.78 is 23.8. The second kappa shape index (κ2) is 6.70. The van der Waals surface area contributed by atoms with Gasteiger partial charge in [0.25, 0.3) is 0 Å². The van der Waals surface area contributed by atoms with Crippen molar-refractivity contribution in [3.8, 4) is 11.3 Å². The van der Waals surface area contributed by atoms with E-state index in [0.717, 1.165) is 15.7 Å². The SMILES string of the molecule is O=C(CC1CCS(=O)(=O)C1)Nc1nc(-c2ccc(Br)cc2)cs1. The largest absolute Gasteiger partial charge is 0.302 e. The molecule has 1 atom stereocenters. The second-order valence-electron chi connectivity index (χ2n) is 5.57. The summed E-state index contributed by atoms with van der Waals surface area (Å²) >= 11 is 4.75. The number of thiazole rings is 1. The summed E-state index contributed by atoms with van der Waals surface area (Å²) in [7, 11) is -2.95. The lowest BCUT2D eigenvalue weighted by Crippen LogP contribution is -2.17. The number of nitrogens with one attached hydrogen (secondary N) is 1. The number of halogens is 1. The van der Waals surface area contributed by atoms with E-state index in [2.05, 4.69) is 26.2 Å². The summed E-state index contributed by atoms with van der Waals surface area (Å²) in [5.74, 6) is 0.0490. The first-order chi connectivity index (χ1) is 10.9. The highest BCUT2D eigenvalue weighted by molar-refractivity contribution is 9.10. The van der Waals surface area contributed by atoms with Gasteiger partial charge in [0, 0.05) is 21.8 Å². The van der Waals surface area contributed by atoms with E-state index in [0.29, 0.717) is 11.6 Å². The molecule has 0 aliphatic carbocycles. The quantitative estimate of drug-likeness (QED) is 0.831. The van der Waals surface area contributed by atoms with Crippen molar-refractivity contribution in [2.75, 3.05) is 16.8 Å². The first-order valence-corrected chi connectivity index (χ1v) is 10.6. The standard InChI is InChI=1S/C15H15BrN2O3S2/c16-12-3-1-11(2-4-12)13-8-22-15(17-13)18-14(19)7-10-5-6-23(20,21)9-10/h1-4,8,10H,5-7,9H2,(H,17,18,19). The van der Waals surface area contributed by atoms with E-state index in [-0.39, 0.29) is 29.8 Å². The maximum atomic E-state index is 12.0. The van der Waals surface area contributed by atoms with E-state index >= 15 is 0 Å². The van der Waals surface area contributed by atoms with Crippen molar-refractivity contribution in [2.45, 2.75) is 12.8 Å². The third-order valence-corrected chi connectivity index (χ3v) is 6.81. The molecule has 1 N–H and O–H groups in total. The Bertz CT molecular complexity index is 816. The summed E-state index contributed by atoms with van der Waals surface area (Å²) in [6.45, 7) is 0. The molecule has 3 rings (SSSR count). The number of hydrogen-bond donors (Lipinski definition) is 1. The zero-order chi connectivity index (χ0) is 16.4. The molecule has 23 heavy (non-hydrogen) atoms. The Morgan fingerprint density at radius 1 is 1.35 bits per heavy atom. The van der Waals surface area contributed by atoms with Crippen LogP contribution in [-0.4, -0.2) is 30.8 Å². The van der Waals surface area contributed by atoms with Crippen LogP contribution in [0.5, 0.6) is 0 Å². The Morgan fingerprint density at radius 2 is 2.09 bits per heavy atom. The highest BCUT2D eigenvalue weighted by Gasteiger charge is 2.29. The minimum Gasteiger partial charge on any atom is -0.302 e. The van der Waals surface area contributed by atoms with Gasteiger partial charge in [0.2, 0.25) is 5.91 Å². The smallest absolute Gasteiger partial charge is 0.226 e. The Balaban J connectivity index is 1.60. The van der Waals surface area contributed by atoms with E-state index in [1.54, 1.807) is 0 Å². The first kappa shape index (κ1) is 16.6. The fraction of sp³-hybridized carbons (Fsp3) is 0.333. The van der Waals surface area contributed by atoms with E-state index in [1.807, 2.05) is 29.6 Å². The third-order valence-electron chi connectivity index (χ3n) is 3.69.